The van der Waals surface area contributed by atoms with Crippen molar-refractivity contribution in [2.45, 2.75) is 37.6 Å². The van der Waals surface area contributed by atoms with Gasteiger partial charge in [0.1, 0.15) is 5.69 Å². The lowest BCUT2D eigenvalue weighted by atomic mass is 9.82. The molecule has 1 fully saturated rings. The number of aromatic nitrogens is 1. The largest absolute Gasteiger partial charge is 0.477 e. The third kappa shape index (κ3) is 2.79. The van der Waals surface area contributed by atoms with E-state index in [9.17, 15) is 9.90 Å². The summed E-state index contributed by atoms with van der Waals surface area (Å²) in [7, 11) is 0. The van der Waals surface area contributed by atoms with E-state index in [2.05, 4.69) is 10.3 Å². The van der Waals surface area contributed by atoms with Crippen LogP contribution in [0.5, 0.6) is 0 Å². The van der Waals surface area contributed by atoms with E-state index in [0.717, 1.165) is 31.4 Å². The molecule has 3 N–H and O–H groups in total. The van der Waals surface area contributed by atoms with E-state index in [4.69, 9.17) is 5.11 Å². The van der Waals surface area contributed by atoms with E-state index in [1.54, 1.807) is 6.07 Å². The van der Waals surface area contributed by atoms with Gasteiger partial charge in [-0.3, -0.25) is 0 Å². The molecule has 1 aliphatic carbocycles. The van der Waals surface area contributed by atoms with E-state index in [1.807, 2.05) is 0 Å². The van der Waals surface area contributed by atoms with Gasteiger partial charge in [0.05, 0.1) is 24.0 Å². The highest BCUT2D eigenvalue weighted by Gasteiger charge is 2.31. The van der Waals surface area contributed by atoms with Crippen LogP contribution in [-0.2, 0) is 0 Å². The maximum absolute atomic E-state index is 10.7. The van der Waals surface area contributed by atoms with Crippen molar-refractivity contribution in [3.63, 3.8) is 0 Å². The molecule has 0 unspecified atom stereocenters. The van der Waals surface area contributed by atoms with Gasteiger partial charge in [0.25, 0.3) is 0 Å². The normalized spacial score (nSPS) is 18.3. The number of carboxylic acids is 1. The maximum Gasteiger partial charge on any atom is 0.354 e. The fourth-order valence-corrected chi connectivity index (χ4v) is 2.45. The van der Waals surface area contributed by atoms with Crippen molar-refractivity contribution in [3.05, 3.63) is 24.0 Å². The van der Waals surface area contributed by atoms with Gasteiger partial charge in [-0.05, 0) is 25.0 Å². The second-order valence-electron chi connectivity index (χ2n) is 4.86. The van der Waals surface area contributed by atoms with E-state index in [0.29, 0.717) is 0 Å². The predicted molar refractivity (Wildman–Crippen MR) is 67.7 cm³/mol. The summed E-state index contributed by atoms with van der Waals surface area (Å²) < 4.78 is 0. The highest BCUT2D eigenvalue weighted by molar-refractivity contribution is 5.85. The zero-order valence-corrected chi connectivity index (χ0v) is 10.2. The Kier molecular flexibility index (Phi) is 3.81. The number of carboxylic acid groups (broad SMARTS) is 1. The standard InChI is InChI=1S/C13H18N2O3/c16-9-13(6-2-1-3-7-13)15-10-4-5-11(12(17)18)14-8-10/h4-5,8,15-16H,1-3,6-7,9H2,(H,17,18). The molecular weight excluding hydrogens is 232 g/mol. The summed E-state index contributed by atoms with van der Waals surface area (Å²) in [5.74, 6) is -1.03. The van der Waals surface area contributed by atoms with Crippen molar-refractivity contribution in [1.29, 1.82) is 0 Å². The Hall–Kier alpha value is -1.62. The lowest BCUT2D eigenvalue weighted by molar-refractivity contribution is 0.0690. The van der Waals surface area contributed by atoms with Crippen LogP contribution in [0.4, 0.5) is 5.69 Å². The molecule has 0 aromatic carbocycles. The minimum Gasteiger partial charge on any atom is -0.477 e. The summed E-state index contributed by atoms with van der Waals surface area (Å²) in [5, 5.41) is 21.6. The van der Waals surface area contributed by atoms with Crippen molar-refractivity contribution >= 4 is 11.7 Å². The first-order valence-electron chi connectivity index (χ1n) is 6.24. The molecule has 1 aliphatic rings. The summed E-state index contributed by atoms with van der Waals surface area (Å²) in [6, 6.07) is 3.17. The second kappa shape index (κ2) is 5.35. The Bertz CT molecular complexity index is 411. The number of anilines is 1. The van der Waals surface area contributed by atoms with Crippen LogP contribution in [0.25, 0.3) is 0 Å². The molecule has 5 nitrogen and oxygen atoms in total. The first-order chi connectivity index (χ1) is 8.65. The number of carbonyl (C=O) groups is 1. The van der Waals surface area contributed by atoms with Gasteiger partial charge >= 0.3 is 5.97 Å². The number of nitrogens with zero attached hydrogens (tertiary/aromatic N) is 1. The first-order valence-corrected chi connectivity index (χ1v) is 6.24. The third-order valence-corrected chi connectivity index (χ3v) is 3.51. The van der Waals surface area contributed by atoms with Crippen molar-refractivity contribution in [1.82, 2.24) is 4.98 Å². The molecule has 1 heterocycles. The van der Waals surface area contributed by atoms with E-state index in [-0.39, 0.29) is 17.8 Å². The number of aliphatic hydroxyl groups excluding tert-OH is 1. The summed E-state index contributed by atoms with van der Waals surface area (Å²) in [5.41, 5.74) is 0.517. The van der Waals surface area contributed by atoms with Gasteiger partial charge in [0.2, 0.25) is 0 Å². The van der Waals surface area contributed by atoms with Gasteiger partial charge in [-0.1, -0.05) is 19.3 Å². The number of hydrogen-bond acceptors (Lipinski definition) is 4. The molecular formula is C13H18N2O3. The summed E-state index contributed by atoms with van der Waals surface area (Å²) in [6.07, 6.45) is 6.80. The number of aromatic carboxylic acids is 1. The molecule has 2 rings (SSSR count). The highest BCUT2D eigenvalue weighted by Crippen LogP contribution is 2.31. The van der Waals surface area contributed by atoms with Crippen LogP contribution in [0.1, 0.15) is 42.6 Å². The minimum absolute atomic E-state index is 0.0299. The third-order valence-electron chi connectivity index (χ3n) is 3.51. The van der Waals surface area contributed by atoms with Gasteiger partial charge in [-0.25, -0.2) is 9.78 Å². The fraction of sp³-hybridized carbons (Fsp3) is 0.538. The molecule has 0 bridgehead atoms. The van der Waals surface area contributed by atoms with Crippen molar-refractivity contribution in [2.75, 3.05) is 11.9 Å². The quantitative estimate of drug-likeness (QED) is 0.760. The molecule has 18 heavy (non-hydrogen) atoms. The van der Waals surface area contributed by atoms with Gasteiger partial charge in [-0.2, -0.15) is 0 Å². The van der Waals surface area contributed by atoms with Crippen LogP contribution in [0.3, 0.4) is 0 Å². The lowest BCUT2D eigenvalue weighted by Crippen LogP contribution is -2.43. The SMILES string of the molecule is O=C(O)c1ccc(NC2(CO)CCCCC2)cn1. The van der Waals surface area contributed by atoms with Crippen molar-refractivity contribution in [3.8, 4) is 0 Å². The number of hydrogen-bond donors (Lipinski definition) is 3. The molecule has 0 saturated heterocycles. The minimum atomic E-state index is -1.03. The van der Waals surface area contributed by atoms with Crippen LogP contribution >= 0.6 is 0 Å². The predicted octanol–water partition coefficient (Wildman–Crippen LogP) is 1.89. The van der Waals surface area contributed by atoms with Crippen LogP contribution in [0.15, 0.2) is 18.3 Å². The monoisotopic (exact) mass is 250 g/mol. The van der Waals surface area contributed by atoms with Gasteiger partial charge in [0.15, 0.2) is 0 Å². The Morgan fingerprint density at radius 2 is 2.06 bits per heavy atom. The number of nitrogens with one attached hydrogen (secondary N) is 1. The van der Waals surface area contributed by atoms with Crippen LogP contribution in [0, 0.1) is 0 Å². The smallest absolute Gasteiger partial charge is 0.354 e. The van der Waals surface area contributed by atoms with Crippen LogP contribution in [-0.4, -0.2) is 33.3 Å². The molecule has 98 valence electrons. The van der Waals surface area contributed by atoms with Gasteiger partial charge in [-0.15, -0.1) is 0 Å². The van der Waals surface area contributed by atoms with E-state index < -0.39 is 5.97 Å². The number of rotatable bonds is 4. The molecule has 0 aliphatic heterocycles. The maximum atomic E-state index is 10.7. The second-order valence-corrected chi connectivity index (χ2v) is 4.86. The van der Waals surface area contributed by atoms with Crippen LogP contribution in [0.2, 0.25) is 0 Å². The molecule has 1 aromatic rings. The lowest BCUT2D eigenvalue weighted by Gasteiger charge is -2.37. The zero-order chi connectivity index (χ0) is 13.0. The van der Waals surface area contributed by atoms with Crippen molar-refractivity contribution in [2.24, 2.45) is 0 Å². The molecule has 1 aromatic heterocycles. The molecule has 5 heteroatoms. The Morgan fingerprint density at radius 3 is 2.56 bits per heavy atom. The van der Waals surface area contributed by atoms with Crippen LogP contribution < -0.4 is 5.32 Å². The van der Waals surface area contributed by atoms with Gasteiger partial charge in [0, 0.05) is 0 Å². The molecule has 0 amide bonds. The zero-order valence-electron chi connectivity index (χ0n) is 10.2. The molecule has 0 radical (unpaired) electrons. The van der Waals surface area contributed by atoms with Crippen molar-refractivity contribution < 1.29 is 15.0 Å². The average Bonchev–Trinajstić information content (AvgIpc) is 2.40. The Morgan fingerprint density at radius 1 is 1.33 bits per heavy atom. The van der Waals surface area contributed by atoms with E-state index >= 15 is 0 Å². The number of aliphatic hydroxyl groups is 1. The molecule has 0 spiro atoms. The fourth-order valence-electron chi connectivity index (χ4n) is 2.45. The summed E-state index contributed by atoms with van der Waals surface area (Å²) in [6.45, 7) is 0.0910. The average molecular weight is 250 g/mol. The number of pyridine rings is 1. The topological polar surface area (TPSA) is 82.5 Å². The van der Waals surface area contributed by atoms with Gasteiger partial charge < -0.3 is 15.5 Å². The molecule has 0 atom stereocenters. The van der Waals surface area contributed by atoms with E-state index in [1.165, 1.54) is 18.7 Å². The molecule has 1 saturated carbocycles. The highest BCUT2D eigenvalue weighted by atomic mass is 16.4. The summed E-state index contributed by atoms with van der Waals surface area (Å²) >= 11 is 0. The first kappa shape index (κ1) is 12.8. The Labute approximate surface area is 106 Å². The summed E-state index contributed by atoms with van der Waals surface area (Å²) in [4.78, 5) is 14.6. The Balaban J connectivity index is 2.09.